The minimum absolute atomic E-state index is 0.0652. The van der Waals surface area contributed by atoms with Crippen molar-refractivity contribution < 1.29 is 9.59 Å². The van der Waals surface area contributed by atoms with Gasteiger partial charge in [-0.15, -0.1) is 0 Å². The summed E-state index contributed by atoms with van der Waals surface area (Å²) in [7, 11) is 0. The molecule has 1 saturated heterocycles. The molecular weight excluding hydrogens is 206 g/mol. The highest BCUT2D eigenvalue weighted by Crippen LogP contribution is 2.19. The monoisotopic (exact) mass is 219 g/mol. The molecule has 0 aliphatic carbocycles. The minimum Gasteiger partial charge on any atom is -0.343 e. The van der Waals surface area contributed by atoms with Crippen molar-refractivity contribution >= 4 is 17.5 Å². The van der Waals surface area contributed by atoms with E-state index in [2.05, 4.69) is 10.3 Å². The summed E-state index contributed by atoms with van der Waals surface area (Å²) in [6.07, 6.45) is 1.66. The van der Waals surface area contributed by atoms with E-state index in [1.54, 1.807) is 25.3 Å². The Morgan fingerprint density at radius 2 is 2.25 bits per heavy atom. The molecule has 1 aromatic rings. The van der Waals surface area contributed by atoms with E-state index < -0.39 is 6.04 Å². The molecule has 1 aromatic heterocycles. The Hall–Kier alpha value is -1.91. The van der Waals surface area contributed by atoms with E-state index in [9.17, 15) is 9.59 Å². The zero-order chi connectivity index (χ0) is 11.7. The van der Waals surface area contributed by atoms with Crippen LogP contribution in [0.5, 0.6) is 0 Å². The van der Waals surface area contributed by atoms with Gasteiger partial charge in [0.15, 0.2) is 0 Å². The van der Waals surface area contributed by atoms with Crippen LogP contribution in [0, 0.1) is 6.92 Å². The lowest BCUT2D eigenvalue weighted by Gasteiger charge is -2.31. The SMILES string of the molecule is Cc1ncccc1N1CC(=O)NC(C)C1=O. The van der Waals surface area contributed by atoms with Crippen molar-refractivity contribution in [2.24, 2.45) is 0 Å². The van der Waals surface area contributed by atoms with Gasteiger partial charge in [-0.2, -0.15) is 0 Å². The predicted octanol–water partition coefficient (Wildman–Crippen LogP) is 0.241. The van der Waals surface area contributed by atoms with Crippen LogP contribution in [0.15, 0.2) is 18.3 Å². The fourth-order valence-corrected chi connectivity index (χ4v) is 1.77. The second-order valence-corrected chi connectivity index (χ2v) is 3.82. The molecule has 5 nitrogen and oxygen atoms in total. The van der Waals surface area contributed by atoms with Crippen LogP contribution in [0.1, 0.15) is 12.6 Å². The van der Waals surface area contributed by atoms with E-state index in [4.69, 9.17) is 0 Å². The fourth-order valence-electron chi connectivity index (χ4n) is 1.77. The molecule has 2 rings (SSSR count). The maximum atomic E-state index is 11.9. The third-order valence-electron chi connectivity index (χ3n) is 2.59. The largest absolute Gasteiger partial charge is 0.343 e. The molecule has 1 aliphatic rings. The smallest absolute Gasteiger partial charge is 0.249 e. The zero-order valence-corrected chi connectivity index (χ0v) is 9.23. The van der Waals surface area contributed by atoms with Gasteiger partial charge in [0, 0.05) is 6.20 Å². The van der Waals surface area contributed by atoms with Crippen LogP contribution in [-0.2, 0) is 9.59 Å². The molecule has 1 atom stereocenters. The molecule has 0 saturated carbocycles. The van der Waals surface area contributed by atoms with Crippen molar-refractivity contribution in [3.63, 3.8) is 0 Å². The van der Waals surface area contributed by atoms with E-state index in [0.29, 0.717) is 5.69 Å². The van der Waals surface area contributed by atoms with E-state index >= 15 is 0 Å². The van der Waals surface area contributed by atoms with Crippen LogP contribution >= 0.6 is 0 Å². The number of anilines is 1. The van der Waals surface area contributed by atoms with Gasteiger partial charge in [-0.25, -0.2) is 0 Å². The number of aromatic nitrogens is 1. The number of carbonyl (C=O) groups excluding carboxylic acids is 2. The number of pyridine rings is 1. The van der Waals surface area contributed by atoms with Crippen molar-refractivity contribution in [1.82, 2.24) is 10.3 Å². The Bertz CT molecular complexity index is 445. The standard InChI is InChI=1S/C11H13N3O2/c1-7-9(4-3-5-12-7)14-6-10(15)13-8(2)11(14)16/h3-5,8H,6H2,1-2H3,(H,13,15). The van der Waals surface area contributed by atoms with Crippen LogP contribution in [0.3, 0.4) is 0 Å². The average molecular weight is 219 g/mol. The quantitative estimate of drug-likeness (QED) is 0.736. The Morgan fingerprint density at radius 3 is 2.94 bits per heavy atom. The van der Waals surface area contributed by atoms with E-state index in [1.165, 1.54) is 4.90 Å². The molecule has 0 spiro atoms. The highest BCUT2D eigenvalue weighted by atomic mass is 16.2. The first-order valence-electron chi connectivity index (χ1n) is 5.12. The number of nitrogens with one attached hydrogen (secondary N) is 1. The first-order valence-corrected chi connectivity index (χ1v) is 5.12. The van der Waals surface area contributed by atoms with Gasteiger partial charge in [0.2, 0.25) is 11.8 Å². The molecular formula is C11H13N3O2. The molecule has 2 heterocycles. The van der Waals surface area contributed by atoms with E-state index in [-0.39, 0.29) is 18.4 Å². The lowest BCUT2D eigenvalue weighted by molar-refractivity contribution is -0.130. The Balaban J connectivity index is 2.36. The highest BCUT2D eigenvalue weighted by Gasteiger charge is 2.31. The third kappa shape index (κ3) is 1.76. The maximum Gasteiger partial charge on any atom is 0.249 e. The summed E-state index contributed by atoms with van der Waals surface area (Å²) < 4.78 is 0. The van der Waals surface area contributed by atoms with Crippen LogP contribution in [0.4, 0.5) is 5.69 Å². The summed E-state index contributed by atoms with van der Waals surface area (Å²) in [5.41, 5.74) is 1.45. The van der Waals surface area contributed by atoms with Gasteiger partial charge >= 0.3 is 0 Å². The summed E-state index contributed by atoms with van der Waals surface area (Å²) in [5.74, 6) is -0.244. The Kier molecular flexibility index (Phi) is 2.60. The number of carbonyl (C=O) groups is 2. The minimum atomic E-state index is -0.471. The topological polar surface area (TPSA) is 62.3 Å². The summed E-state index contributed by atoms with van der Waals surface area (Å²) in [5, 5.41) is 2.60. The molecule has 1 aliphatic heterocycles. The van der Waals surface area contributed by atoms with Crippen molar-refractivity contribution in [3.8, 4) is 0 Å². The van der Waals surface area contributed by atoms with Gasteiger partial charge in [-0.05, 0) is 26.0 Å². The lowest BCUT2D eigenvalue weighted by Crippen LogP contribution is -2.57. The molecule has 1 unspecified atom stereocenters. The summed E-state index contributed by atoms with van der Waals surface area (Å²) >= 11 is 0. The van der Waals surface area contributed by atoms with Crippen molar-refractivity contribution in [2.45, 2.75) is 19.9 Å². The summed E-state index contributed by atoms with van der Waals surface area (Å²) in [6.45, 7) is 3.56. The summed E-state index contributed by atoms with van der Waals surface area (Å²) in [4.78, 5) is 28.9. The van der Waals surface area contributed by atoms with Gasteiger partial charge in [0.1, 0.15) is 12.6 Å². The first-order chi connectivity index (χ1) is 7.59. The van der Waals surface area contributed by atoms with Crippen LogP contribution in [0.25, 0.3) is 0 Å². The van der Waals surface area contributed by atoms with Gasteiger partial charge < -0.3 is 5.32 Å². The predicted molar refractivity (Wildman–Crippen MR) is 58.9 cm³/mol. The van der Waals surface area contributed by atoms with Crippen molar-refractivity contribution in [1.29, 1.82) is 0 Å². The molecule has 0 aromatic carbocycles. The maximum absolute atomic E-state index is 11.9. The second kappa shape index (κ2) is 3.92. The average Bonchev–Trinajstić information content (AvgIpc) is 2.24. The van der Waals surface area contributed by atoms with Crippen LogP contribution in [-0.4, -0.2) is 29.4 Å². The molecule has 5 heteroatoms. The molecule has 2 amide bonds. The number of rotatable bonds is 1. The number of aryl methyl sites for hydroxylation is 1. The molecule has 1 N–H and O–H groups in total. The Labute approximate surface area is 93.5 Å². The molecule has 0 radical (unpaired) electrons. The number of amides is 2. The van der Waals surface area contributed by atoms with E-state index in [0.717, 1.165) is 5.69 Å². The molecule has 16 heavy (non-hydrogen) atoms. The zero-order valence-electron chi connectivity index (χ0n) is 9.23. The normalized spacial score (nSPS) is 20.9. The van der Waals surface area contributed by atoms with Gasteiger partial charge in [0.05, 0.1) is 11.4 Å². The third-order valence-corrected chi connectivity index (χ3v) is 2.59. The molecule has 1 fully saturated rings. The fraction of sp³-hybridized carbons (Fsp3) is 0.364. The van der Waals surface area contributed by atoms with Crippen LogP contribution < -0.4 is 10.2 Å². The second-order valence-electron chi connectivity index (χ2n) is 3.82. The number of piperazine rings is 1. The molecule has 84 valence electrons. The number of nitrogens with zero attached hydrogens (tertiary/aromatic N) is 2. The number of hydrogen-bond donors (Lipinski definition) is 1. The lowest BCUT2D eigenvalue weighted by atomic mass is 10.2. The highest BCUT2D eigenvalue weighted by molar-refractivity contribution is 6.06. The van der Waals surface area contributed by atoms with Crippen molar-refractivity contribution in [3.05, 3.63) is 24.0 Å². The van der Waals surface area contributed by atoms with Gasteiger partial charge in [0.25, 0.3) is 0 Å². The first kappa shape index (κ1) is 10.6. The van der Waals surface area contributed by atoms with Gasteiger partial charge in [-0.1, -0.05) is 0 Å². The van der Waals surface area contributed by atoms with E-state index in [1.807, 2.05) is 6.92 Å². The summed E-state index contributed by atoms with van der Waals surface area (Å²) in [6, 6.07) is 3.08. The Morgan fingerprint density at radius 1 is 1.50 bits per heavy atom. The van der Waals surface area contributed by atoms with Gasteiger partial charge in [-0.3, -0.25) is 19.5 Å². The van der Waals surface area contributed by atoms with Crippen molar-refractivity contribution in [2.75, 3.05) is 11.4 Å². The number of hydrogen-bond acceptors (Lipinski definition) is 3. The molecule has 0 bridgehead atoms. The van der Waals surface area contributed by atoms with Crippen LogP contribution in [0.2, 0.25) is 0 Å².